The molecule has 0 saturated heterocycles. The zero-order chi connectivity index (χ0) is 11.3. The molecule has 0 aliphatic rings. The number of hydrogen-bond donors (Lipinski definition) is 2. The van der Waals surface area contributed by atoms with Crippen LogP contribution in [0.5, 0.6) is 0 Å². The molecule has 17 heavy (non-hydrogen) atoms. The number of rotatable bonds is 5. The normalized spacial score (nSPS) is 12.9. The summed E-state index contributed by atoms with van der Waals surface area (Å²) in [6.07, 6.45) is 2.93. The minimum Gasteiger partial charge on any atom is -0.344 e. The van der Waals surface area contributed by atoms with E-state index in [1.165, 1.54) is 0 Å². The van der Waals surface area contributed by atoms with Crippen LogP contribution in [0.25, 0.3) is 0 Å². The van der Waals surface area contributed by atoms with Crippen molar-refractivity contribution < 1.29 is 4.79 Å². The summed E-state index contributed by atoms with van der Waals surface area (Å²) < 4.78 is 0. The zero-order valence-corrected chi connectivity index (χ0v) is 12.4. The van der Waals surface area contributed by atoms with Gasteiger partial charge in [0.25, 0.3) is 0 Å². The Kier molecular flexibility index (Phi) is 9.71. The molecule has 1 unspecified atom stereocenters. The zero-order valence-electron chi connectivity index (χ0n) is 9.93. The van der Waals surface area contributed by atoms with Crippen molar-refractivity contribution in [2.24, 2.45) is 5.73 Å². The molecule has 1 amide bonds. The van der Waals surface area contributed by atoms with Crippen LogP contribution in [0.4, 0.5) is 0 Å². The highest BCUT2D eigenvalue weighted by Crippen LogP contribution is 2.26. The third kappa shape index (κ3) is 5.21. The van der Waals surface area contributed by atoms with E-state index in [-0.39, 0.29) is 36.3 Å². The first kappa shape index (κ1) is 19.0. The smallest absolute Gasteiger partial charge is 0.222 e. The van der Waals surface area contributed by atoms with Crippen LogP contribution >= 0.6 is 36.2 Å². The van der Waals surface area contributed by atoms with Gasteiger partial charge in [-0.2, -0.15) is 0 Å². The van der Waals surface area contributed by atoms with Crippen molar-refractivity contribution in [1.82, 2.24) is 10.3 Å². The van der Waals surface area contributed by atoms with Gasteiger partial charge < -0.3 is 11.1 Å². The number of nitrogens with one attached hydrogen (secondary N) is 1. The third-order valence-corrected chi connectivity index (χ3v) is 3.44. The molecule has 0 aliphatic heterocycles. The molecule has 100 valence electrons. The number of hydrogen-bond acceptors (Lipinski definition) is 4. The number of thiazole rings is 1. The predicted molar refractivity (Wildman–Crippen MR) is 76.1 cm³/mol. The highest BCUT2D eigenvalue weighted by Gasteiger charge is 2.28. The Morgan fingerprint density at radius 3 is 2.65 bits per heavy atom. The van der Waals surface area contributed by atoms with E-state index in [0.29, 0.717) is 13.0 Å². The Balaban J connectivity index is 0. The highest BCUT2D eigenvalue weighted by molar-refractivity contribution is 7.09. The predicted octanol–water partition coefficient (Wildman–Crippen LogP) is 2.08. The van der Waals surface area contributed by atoms with E-state index in [2.05, 4.69) is 10.3 Å². The molecule has 4 nitrogen and oxygen atoms in total. The lowest BCUT2D eigenvalue weighted by Gasteiger charge is -2.27. The van der Waals surface area contributed by atoms with Gasteiger partial charge >= 0.3 is 0 Å². The number of nitrogens with two attached hydrogens (primary N) is 1. The van der Waals surface area contributed by atoms with Gasteiger partial charge in [-0.05, 0) is 13.3 Å². The average molecular weight is 300 g/mol. The van der Waals surface area contributed by atoms with Gasteiger partial charge in [-0.25, -0.2) is 4.98 Å². The minimum atomic E-state index is -0.361. The Hall–Kier alpha value is -0.360. The summed E-state index contributed by atoms with van der Waals surface area (Å²) in [5, 5.41) is 5.83. The van der Waals surface area contributed by atoms with Crippen LogP contribution in [0.2, 0.25) is 0 Å². The summed E-state index contributed by atoms with van der Waals surface area (Å²) in [7, 11) is 0. The monoisotopic (exact) mass is 299 g/mol. The van der Waals surface area contributed by atoms with Crippen molar-refractivity contribution in [1.29, 1.82) is 0 Å². The molecule has 0 aromatic carbocycles. The van der Waals surface area contributed by atoms with Gasteiger partial charge in [-0.15, -0.1) is 36.2 Å². The summed E-state index contributed by atoms with van der Waals surface area (Å²) in [6, 6.07) is 0. The maximum Gasteiger partial charge on any atom is 0.222 e. The lowest BCUT2D eigenvalue weighted by Crippen LogP contribution is -2.43. The highest BCUT2D eigenvalue weighted by atomic mass is 35.5. The van der Waals surface area contributed by atoms with Crippen LogP contribution in [0, 0.1) is 0 Å². The Morgan fingerprint density at radius 1 is 1.59 bits per heavy atom. The number of aromatic nitrogens is 1. The number of nitrogens with zero attached hydrogens (tertiary/aromatic N) is 1. The molecular weight excluding hydrogens is 281 g/mol. The van der Waals surface area contributed by atoms with Crippen molar-refractivity contribution in [2.45, 2.75) is 32.2 Å². The largest absolute Gasteiger partial charge is 0.344 e. The molecular formula is C10H19Cl2N3OS. The van der Waals surface area contributed by atoms with Crippen molar-refractivity contribution in [3.8, 4) is 0 Å². The lowest BCUT2D eigenvalue weighted by atomic mass is 9.99. The maximum atomic E-state index is 11.5. The molecule has 0 radical (unpaired) electrons. The summed E-state index contributed by atoms with van der Waals surface area (Å²) in [6.45, 7) is 4.40. The molecule has 1 heterocycles. The average Bonchev–Trinajstić information content (AvgIpc) is 2.71. The lowest BCUT2D eigenvalue weighted by molar-refractivity contribution is -0.122. The van der Waals surface area contributed by atoms with Crippen molar-refractivity contribution in [3.05, 3.63) is 16.6 Å². The van der Waals surface area contributed by atoms with Crippen molar-refractivity contribution >= 4 is 42.1 Å². The third-order valence-electron chi connectivity index (χ3n) is 2.40. The molecule has 1 aromatic heterocycles. The van der Waals surface area contributed by atoms with Crippen LogP contribution in [-0.4, -0.2) is 17.4 Å². The van der Waals surface area contributed by atoms with Crippen LogP contribution in [0.3, 0.4) is 0 Å². The molecule has 0 aliphatic carbocycles. The molecule has 0 spiro atoms. The number of carbonyl (C=O) groups is 1. The first-order valence-corrected chi connectivity index (χ1v) is 5.91. The molecule has 1 rings (SSSR count). The molecule has 0 bridgehead atoms. The summed E-state index contributed by atoms with van der Waals surface area (Å²) in [4.78, 5) is 15.7. The van der Waals surface area contributed by atoms with Gasteiger partial charge in [0, 0.05) is 24.5 Å². The van der Waals surface area contributed by atoms with E-state index >= 15 is 0 Å². The van der Waals surface area contributed by atoms with Gasteiger partial charge in [0.05, 0.1) is 5.54 Å². The SMILES string of the molecule is CCC(C)(NC(=O)CCN)c1nccs1.Cl.Cl. The van der Waals surface area contributed by atoms with Crippen LogP contribution < -0.4 is 11.1 Å². The maximum absolute atomic E-state index is 11.5. The number of amides is 1. The fraction of sp³-hybridized carbons (Fsp3) is 0.600. The molecule has 1 atom stereocenters. The van der Waals surface area contributed by atoms with Crippen molar-refractivity contribution in [2.75, 3.05) is 6.54 Å². The fourth-order valence-electron chi connectivity index (χ4n) is 1.29. The summed E-state index contributed by atoms with van der Waals surface area (Å²) >= 11 is 1.56. The van der Waals surface area contributed by atoms with Gasteiger partial charge in [-0.3, -0.25) is 4.79 Å². The summed E-state index contributed by atoms with van der Waals surface area (Å²) in [5.41, 5.74) is 4.97. The van der Waals surface area contributed by atoms with Crippen LogP contribution in [-0.2, 0) is 10.3 Å². The second kappa shape index (κ2) is 8.69. The Labute approximate surface area is 118 Å². The molecule has 0 fully saturated rings. The van der Waals surface area contributed by atoms with E-state index in [9.17, 15) is 4.79 Å². The second-order valence-electron chi connectivity index (χ2n) is 3.61. The van der Waals surface area contributed by atoms with Gasteiger partial charge in [-0.1, -0.05) is 6.92 Å². The molecule has 3 N–H and O–H groups in total. The van der Waals surface area contributed by atoms with E-state index in [1.54, 1.807) is 17.5 Å². The van der Waals surface area contributed by atoms with Crippen molar-refractivity contribution in [3.63, 3.8) is 0 Å². The summed E-state index contributed by atoms with van der Waals surface area (Å²) in [5.74, 6) is -0.0166. The first-order chi connectivity index (χ1) is 7.12. The molecule has 0 saturated carbocycles. The van der Waals surface area contributed by atoms with Crippen LogP contribution in [0.1, 0.15) is 31.7 Å². The number of halogens is 2. The quantitative estimate of drug-likeness (QED) is 0.875. The fourth-order valence-corrected chi connectivity index (χ4v) is 2.12. The van der Waals surface area contributed by atoms with E-state index in [1.807, 2.05) is 19.2 Å². The molecule has 7 heteroatoms. The Bertz CT molecular complexity index is 321. The second-order valence-corrected chi connectivity index (χ2v) is 4.50. The van der Waals surface area contributed by atoms with E-state index in [0.717, 1.165) is 11.4 Å². The van der Waals surface area contributed by atoms with Gasteiger partial charge in [0.2, 0.25) is 5.91 Å². The van der Waals surface area contributed by atoms with E-state index in [4.69, 9.17) is 5.73 Å². The Morgan fingerprint density at radius 2 is 2.24 bits per heavy atom. The van der Waals surface area contributed by atoms with E-state index < -0.39 is 0 Å². The number of carbonyl (C=O) groups excluding carboxylic acids is 1. The molecule has 1 aromatic rings. The topological polar surface area (TPSA) is 68.0 Å². The first-order valence-electron chi connectivity index (χ1n) is 5.03. The van der Waals surface area contributed by atoms with Gasteiger partial charge in [0.15, 0.2) is 0 Å². The van der Waals surface area contributed by atoms with Crippen LogP contribution in [0.15, 0.2) is 11.6 Å². The standard InChI is InChI=1S/C10H17N3OS.2ClH/c1-3-10(2,9-12-6-7-15-9)13-8(14)4-5-11;;/h6-7H,3-5,11H2,1-2H3,(H,13,14);2*1H. The van der Waals surface area contributed by atoms with Gasteiger partial charge in [0.1, 0.15) is 5.01 Å². The minimum absolute atomic E-state index is 0.